The summed E-state index contributed by atoms with van der Waals surface area (Å²) in [6.45, 7) is 5.89. The van der Waals surface area contributed by atoms with E-state index in [2.05, 4.69) is 32.1 Å². The molecule has 0 heterocycles. The highest BCUT2D eigenvalue weighted by atomic mass is 14.0. The largest absolute Gasteiger partial charge is 0.103 e. The van der Waals surface area contributed by atoms with E-state index in [1.165, 1.54) is 116 Å². The van der Waals surface area contributed by atoms with Crippen LogP contribution in [-0.2, 0) is 0 Å². The molecule has 0 aromatic carbocycles. The molecule has 0 nitrogen and oxygen atoms in total. The fourth-order valence-corrected chi connectivity index (χ4v) is 3.21. The number of rotatable bonds is 20. The minimum atomic E-state index is 1.20. The molecule has 0 amide bonds. The van der Waals surface area contributed by atoms with Crippen LogP contribution in [0.5, 0.6) is 0 Å². The summed E-state index contributed by atoms with van der Waals surface area (Å²) in [5, 5.41) is 0. The second kappa shape index (κ2) is 22.5. The van der Waals surface area contributed by atoms with Crippen molar-refractivity contribution < 1.29 is 0 Å². The maximum atomic E-state index is 3.77. The van der Waals surface area contributed by atoms with Crippen LogP contribution in [0, 0.1) is 6.42 Å². The van der Waals surface area contributed by atoms with Crippen LogP contribution in [-0.4, -0.2) is 0 Å². The quantitative estimate of drug-likeness (QED) is 0.154. The SMILES string of the molecule is C=CCCCCCCCCC[CH]CCCCCCCCCC=CC. The van der Waals surface area contributed by atoms with Crippen molar-refractivity contribution in [1.29, 1.82) is 0 Å². The van der Waals surface area contributed by atoms with Crippen molar-refractivity contribution in [2.75, 3.05) is 0 Å². The first-order valence-corrected chi connectivity index (χ1v) is 11.0. The summed E-state index contributed by atoms with van der Waals surface area (Å²) in [5.74, 6) is 0. The highest BCUT2D eigenvalue weighted by molar-refractivity contribution is 4.76. The van der Waals surface area contributed by atoms with Gasteiger partial charge in [-0.25, -0.2) is 0 Å². The molecule has 0 aliphatic carbocycles. The van der Waals surface area contributed by atoms with E-state index < -0.39 is 0 Å². The Balaban J connectivity index is 2.96. The first-order valence-electron chi connectivity index (χ1n) is 11.0. The molecule has 0 saturated heterocycles. The van der Waals surface area contributed by atoms with Crippen LogP contribution in [0.25, 0.3) is 0 Å². The molecule has 0 heteroatoms. The van der Waals surface area contributed by atoms with E-state index in [0.29, 0.717) is 0 Å². The summed E-state index contributed by atoms with van der Waals surface area (Å²) >= 11 is 0. The van der Waals surface area contributed by atoms with Gasteiger partial charge in [0.05, 0.1) is 0 Å². The Hall–Kier alpha value is -0.520. The maximum Gasteiger partial charge on any atom is -0.0351 e. The second-order valence-electron chi connectivity index (χ2n) is 7.25. The molecule has 1 radical (unpaired) electrons. The Kier molecular flexibility index (Phi) is 22.0. The highest BCUT2D eigenvalue weighted by Crippen LogP contribution is 2.14. The van der Waals surface area contributed by atoms with Gasteiger partial charge in [-0.15, -0.1) is 6.58 Å². The van der Waals surface area contributed by atoms with Crippen LogP contribution in [0.2, 0.25) is 0 Å². The first kappa shape index (κ1) is 23.5. The van der Waals surface area contributed by atoms with Crippen molar-refractivity contribution in [1.82, 2.24) is 0 Å². The second-order valence-corrected chi connectivity index (χ2v) is 7.25. The smallest absolute Gasteiger partial charge is 0.0351 e. The van der Waals surface area contributed by atoms with E-state index in [-0.39, 0.29) is 0 Å². The lowest BCUT2D eigenvalue weighted by molar-refractivity contribution is 0.563. The third-order valence-electron chi connectivity index (χ3n) is 4.83. The summed E-state index contributed by atoms with van der Waals surface area (Å²) in [5.41, 5.74) is 0. The van der Waals surface area contributed by atoms with Crippen molar-refractivity contribution in [3.05, 3.63) is 31.2 Å². The van der Waals surface area contributed by atoms with Gasteiger partial charge in [0.2, 0.25) is 0 Å². The van der Waals surface area contributed by atoms with E-state index in [4.69, 9.17) is 0 Å². The molecule has 0 N–H and O–H groups in total. The monoisotopic (exact) mass is 333 g/mol. The zero-order valence-corrected chi connectivity index (χ0v) is 16.7. The zero-order valence-electron chi connectivity index (χ0n) is 16.7. The van der Waals surface area contributed by atoms with Gasteiger partial charge >= 0.3 is 0 Å². The lowest BCUT2D eigenvalue weighted by Crippen LogP contribution is -1.84. The summed E-state index contributed by atoms with van der Waals surface area (Å²) in [4.78, 5) is 0. The van der Waals surface area contributed by atoms with Crippen molar-refractivity contribution in [2.24, 2.45) is 0 Å². The molecule has 0 aliphatic heterocycles. The van der Waals surface area contributed by atoms with Crippen molar-refractivity contribution in [2.45, 2.75) is 122 Å². The van der Waals surface area contributed by atoms with Crippen LogP contribution in [0.3, 0.4) is 0 Å². The summed E-state index contributed by atoms with van der Waals surface area (Å²) in [6, 6.07) is 0. The van der Waals surface area contributed by atoms with Gasteiger partial charge in [-0.2, -0.15) is 0 Å². The van der Waals surface area contributed by atoms with E-state index in [1.54, 1.807) is 0 Å². The van der Waals surface area contributed by atoms with Gasteiger partial charge in [0, 0.05) is 0 Å². The number of hydrogen-bond donors (Lipinski definition) is 0. The lowest BCUT2D eigenvalue weighted by Gasteiger charge is -2.03. The highest BCUT2D eigenvalue weighted by Gasteiger charge is 1.95. The molecule has 0 aliphatic rings. The predicted molar refractivity (Wildman–Crippen MR) is 112 cm³/mol. The fourth-order valence-electron chi connectivity index (χ4n) is 3.21. The molecule has 0 rings (SSSR count). The lowest BCUT2D eigenvalue weighted by atomic mass is 10.0. The number of allylic oxidation sites excluding steroid dienone is 3. The minimum Gasteiger partial charge on any atom is -0.103 e. The Morgan fingerprint density at radius 1 is 0.500 bits per heavy atom. The molecule has 0 spiro atoms. The maximum absolute atomic E-state index is 3.77. The predicted octanol–water partition coefficient (Wildman–Crippen LogP) is 8.97. The standard InChI is InChI=1S/C24H45/c1-3-5-7-9-11-13-15-17-19-21-23-24-22-20-18-16-14-12-10-8-6-4-2/h3-4,6,23H,1,5,7-22,24H2,2H3. The molecule has 24 heavy (non-hydrogen) atoms. The first-order chi connectivity index (χ1) is 11.9. The van der Waals surface area contributed by atoms with E-state index >= 15 is 0 Å². The van der Waals surface area contributed by atoms with Gasteiger partial charge in [0.15, 0.2) is 0 Å². The van der Waals surface area contributed by atoms with Crippen molar-refractivity contribution >= 4 is 0 Å². The van der Waals surface area contributed by atoms with Gasteiger partial charge < -0.3 is 0 Å². The topological polar surface area (TPSA) is 0 Å². The van der Waals surface area contributed by atoms with Crippen LogP contribution >= 0.6 is 0 Å². The van der Waals surface area contributed by atoms with Gasteiger partial charge in [-0.05, 0) is 39.0 Å². The van der Waals surface area contributed by atoms with E-state index in [0.717, 1.165) is 0 Å². The average molecular weight is 334 g/mol. The number of hydrogen-bond acceptors (Lipinski definition) is 0. The van der Waals surface area contributed by atoms with E-state index in [9.17, 15) is 0 Å². The molecule has 0 saturated carbocycles. The van der Waals surface area contributed by atoms with Crippen LogP contribution < -0.4 is 0 Å². The Morgan fingerprint density at radius 2 is 0.875 bits per heavy atom. The molecule has 0 bridgehead atoms. The summed E-state index contributed by atoms with van der Waals surface area (Å²) < 4.78 is 0. The summed E-state index contributed by atoms with van der Waals surface area (Å²) in [7, 11) is 0. The fraction of sp³-hybridized carbons (Fsp3) is 0.792. The van der Waals surface area contributed by atoms with Gasteiger partial charge in [-0.3, -0.25) is 0 Å². The average Bonchev–Trinajstić information content (AvgIpc) is 2.60. The van der Waals surface area contributed by atoms with Crippen molar-refractivity contribution in [3.8, 4) is 0 Å². The molecule has 0 aromatic rings. The van der Waals surface area contributed by atoms with E-state index in [1.807, 2.05) is 6.08 Å². The normalized spacial score (nSPS) is 11.4. The number of unbranched alkanes of at least 4 members (excludes halogenated alkanes) is 18. The van der Waals surface area contributed by atoms with Crippen LogP contribution in [0.4, 0.5) is 0 Å². The molecule has 0 aromatic heterocycles. The van der Waals surface area contributed by atoms with Crippen LogP contribution in [0.15, 0.2) is 24.8 Å². The molecular weight excluding hydrogens is 288 g/mol. The van der Waals surface area contributed by atoms with Crippen LogP contribution in [0.1, 0.15) is 122 Å². The zero-order chi connectivity index (χ0) is 17.6. The third-order valence-corrected chi connectivity index (χ3v) is 4.83. The van der Waals surface area contributed by atoms with Gasteiger partial charge in [0.25, 0.3) is 0 Å². The van der Waals surface area contributed by atoms with Crippen molar-refractivity contribution in [3.63, 3.8) is 0 Å². The summed E-state index contributed by atoms with van der Waals surface area (Å²) in [6.07, 6.45) is 34.1. The molecular formula is C24H45. The third kappa shape index (κ3) is 21.5. The Bertz CT molecular complexity index is 251. The van der Waals surface area contributed by atoms with Gasteiger partial charge in [0.1, 0.15) is 0 Å². The van der Waals surface area contributed by atoms with Gasteiger partial charge in [-0.1, -0.05) is 108 Å². The molecule has 141 valence electrons. The Labute approximate surface area is 154 Å². The molecule has 0 unspecified atom stereocenters. The minimum absolute atomic E-state index is 1.20. The molecule has 0 atom stereocenters. The Morgan fingerprint density at radius 3 is 1.29 bits per heavy atom. The molecule has 0 fully saturated rings.